The lowest BCUT2D eigenvalue weighted by Gasteiger charge is -2.19. The summed E-state index contributed by atoms with van der Waals surface area (Å²) in [4.78, 5) is 11.5. The zero-order valence-electron chi connectivity index (χ0n) is 12.3. The summed E-state index contributed by atoms with van der Waals surface area (Å²) < 4.78 is 20.5. The summed E-state index contributed by atoms with van der Waals surface area (Å²) in [5.41, 5.74) is -0.00235. The Morgan fingerprint density at radius 1 is 1.41 bits per heavy atom. The highest BCUT2D eigenvalue weighted by atomic mass is 16.6. The molecule has 0 saturated heterocycles. The Morgan fingerprint density at radius 2 is 2.00 bits per heavy atom. The average molecular weight is 239 g/mol. The van der Waals surface area contributed by atoms with Gasteiger partial charge in [-0.25, -0.2) is 4.79 Å². The largest absolute Gasteiger partial charge is 0.508 e. The van der Waals surface area contributed by atoms with E-state index in [1.165, 1.54) is 12.1 Å². The fraction of sp³-hybridized carbons (Fsp3) is 0.462. The van der Waals surface area contributed by atoms with Crippen LogP contribution in [-0.2, 0) is 11.2 Å². The molecule has 94 valence electrons. The van der Waals surface area contributed by atoms with E-state index in [2.05, 4.69) is 5.32 Å². The van der Waals surface area contributed by atoms with E-state index in [1.807, 2.05) is 0 Å². The molecule has 4 nitrogen and oxygen atoms in total. The molecule has 0 aliphatic carbocycles. The van der Waals surface area contributed by atoms with Crippen molar-refractivity contribution in [2.45, 2.75) is 32.8 Å². The van der Waals surface area contributed by atoms with Gasteiger partial charge in [0.2, 0.25) is 0 Å². The van der Waals surface area contributed by atoms with E-state index in [9.17, 15) is 4.79 Å². The standard InChI is InChI=1S/C13H19NO3/c1-13(2,3)17-12(16)14-9-8-10-4-6-11(15)7-5-10/h4-7,15H,8-9H2,1-3H3,(H,14,16)/i9D2. The summed E-state index contributed by atoms with van der Waals surface area (Å²) in [7, 11) is 0. The van der Waals surface area contributed by atoms with Gasteiger partial charge in [-0.05, 0) is 44.9 Å². The van der Waals surface area contributed by atoms with Crippen LogP contribution in [0.3, 0.4) is 0 Å². The predicted molar refractivity (Wildman–Crippen MR) is 66.0 cm³/mol. The summed E-state index contributed by atoms with van der Waals surface area (Å²) in [5.74, 6) is 0.115. The zero-order valence-corrected chi connectivity index (χ0v) is 10.3. The van der Waals surface area contributed by atoms with E-state index in [4.69, 9.17) is 12.6 Å². The number of nitrogens with one attached hydrogen (secondary N) is 1. The molecule has 4 heteroatoms. The first-order valence-corrected chi connectivity index (χ1v) is 5.36. The van der Waals surface area contributed by atoms with Crippen molar-refractivity contribution < 1.29 is 17.4 Å². The lowest BCUT2D eigenvalue weighted by Crippen LogP contribution is -2.33. The van der Waals surface area contributed by atoms with Crippen LogP contribution in [0.15, 0.2) is 24.3 Å². The number of aromatic hydroxyl groups is 1. The maximum absolute atomic E-state index is 11.5. The molecule has 2 N–H and O–H groups in total. The highest BCUT2D eigenvalue weighted by Crippen LogP contribution is 2.10. The average Bonchev–Trinajstić information content (AvgIpc) is 2.17. The molecule has 0 radical (unpaired) electrons. The molecule has 1 rings (SSSR count). The summed E-state index contributed by atoms with van der Waals surface area (Å²) in [6.07, 6.45) is -0.803. The molecule has 0 bridgehead atoms. The van der Waals surface area contributed by atoms with Gasteiger partial charge < -0.3 is 15.2 Å². The van der Waals surface area contributed by atoms with E-state index in [0.29, 0.717) is 5.56 Å². The van der Waals surface area contributed by atoms with Gasteiger partial charge in [-0.15, -0.1) is 0 Å². The van der Waals surface area contributed by atoms with Gasteiger partial charge in [-0.3, -0.25) is 0 Å². The van der Waals surface area contributed by atoms with Crippen molar-refractivity contribution in [2.75, 3.05) is 6.50 Å². The monoisotopic (exact) mass is 239 g/mol. The van der Waals surface area contributed by atoms with E-state index < -0.39 is 18.2 Å². The molecule has 1 aromatic carbocycles. The van der Waals surface area contributed by atoms with Crippen LogP contribution in [-0.4, -0.2) is 23.3 Å². The normalized spacial score (nSPS) is 13.6. The number of alkyl carbamates (subject to hydrolysis) is 1. The van der Waals surface area contributed by atoms with Crippen LogP contribution in [0.5, 0.6) is 5.75 Å². The zero-order chi connectivity index (χ0) is 14.7. The SMILES string of the molecule is [2H]C([2H])(Cc1ccc(O)cc1)NC(=O)OC(C)(C)C. The Bertz CT molecular complexity index is 438. The fourth-order valence-electron chi connectivity index (χ4n) is 1.14. The van der Waals surface area contributed by atoms with Gasteiger partial charge in [-0.2, -0.15) is 0 Å². The second kappa shape index (κ2) is 5.57. The molecule has 0 atom stereocenters. The molecule has 1 amide bonds. The number of phenolic OH excluding ortho intramolecular Hbond substituents is 1. The number of amides is 1. The van der Waals surface area contributed by atoms with Crippen molar-refractivity contribution in [3.63, 3.8) is 0 Å². The summed E-state index contributed by atoms with van der Waals surface area (Å²) in [6, 6.07) is 6.14. The Hall–Kier alpha value is -1.71. The first-order chi connectivity index (χ1) is 8.57. The number of phenols is 1. The number of aryl methyl sites for hydroxylation is 1. The first kappa shape index (κ1) is 10.4. The molecule has 1 aromatic rings. The van der Waals surface area contributed by atoms with Crippen LogP contribution in [0, 0.1) is 0 Å². The second-order valence-electron chi connectivity index (χ2n) is 4.65. The maximum atomic E-state index is 11.5. The quantitative estimate of drug-likeness (QED) is 0.851. The van der Waals surface area contributed by atoms with E-state index >= 15 is 0 Å². The van der Waals surface area contributed by atoms with Gasteiger partial charge in [0.25, 0.3) is 0 Å². The number of benzene rings is 1. The minimum atomic E-state index is -1.92. The number of carbonyl (C=O) groups excluding carboxylic acids is 1. The molecule has 0 unspecified atom stereocenters. The van der Waals surface area contributed by atoms with Crippen molar-refractivity contribution in [1.82, 2.24) is 5.32 Å². The van der Waals surface area contributed by atoms with Gasteiger partial charge in [0.15, 0.2) is 0 Å². The summed E-state index contributed by atoms with van der Waals surface area (Å²) in [5, 5.41) is 11.3. The topological polar surface area (TPSA) is 58.6 Å². The van der Waals surface area contributed by atoms with Gasteiger partial charge in [0.05, 0.1) is 0 Å². The molecule has 0 aliphatic heterocycles. The summed E-state index contributed by atoms with van der Waals surface area (Å²) in [6.45, 7) is 3.21. The van der Waals surface area contributed by atoms with Gasteiger partial charge in [0.1, 0.15) is 11.4 Å². The van der Waals surface area contributed by atoms with E-state index in [-0.39, 0.29) is 12.2 Å². The van der Waals surface area contributed by atoms with Crippen molar-refractivity contribution >= 4 is 6.09 Å². The van der Waals surface area contributed by atoms with E-state index in [1.54, 1.807) is 32.9 Å². The number of hydrogen-bond donors (Lipinski definition) is 2. The van der Waals surface area contributed by atoms with Crippen LogP contribution in [0.4, 0.5) is 4.79 Å². The number of rotatable bonds is 3. The molecule has 0 heterocycles. The predicted octanol–water partition coefficient (Wildman–Crippen LogP) is 2.46. The maximum Gasteiger partial charge on any atom is 0.407 e. The summed E-state index contributed by atoms with van der Waals surface area (Å²) >= 11 is 0. The number of carbonyl (C=O) groups is 1. The molecule has 0 saturated carbocycles. The van der Waals surface area contributed by atoms with Crippen LogP contribution in [0.2, 0.25) is 0 Å². The smallest absolute Gasteiger partial charge is 0.407 e. The van der Waals surface area contributed by atoms with Gasteiger partial charge in [0, 0.05) is 9.24 Å². The van der Waals surface area contributed by atoms with Crippen LogP contribution in [0.1, 0.15) is 29.1 Å². The van der Waals surface area contributed by atoms with Crippen molar-refractivity contribution in [3.8, 4) is 5.75 Å². The van der Waals surface area contributed by atoms with Gasteiger partial charge >= 0.3 is 6.09 Å². The molecule has 0 spiro atoms. The van der Waals surface area contributed by atoms with Gasteiger partial charge in [-0.1, -0.05) is 12.1 Å². The lowest BCUT2D eigenvalue weighted by atomic mass is 10.1. The highest BCUT2D eigenvalue weighted by Gasteiger charge is 2.15. The molecular weight excluding hydrogens is 218 g/mol. The Morgan fingerprint density at radius 3 is 2.53 bits per heavy atom. The Labute approximate surface area is 104 Å². The fourth-order valence-corrected chi connectivity index (χ4v) is 1.14. The van der Waals surface area contributed by atoms with Crippen molar-refractivity contribution in [1.29, 1.82) is 0 Å². The number of hydrogen-bond acceptors (Lipinski definition) is 3. The molecule has 0 fully saturated rings. The third kappa shape index (κ3) is 5.80. The second-order valence-corrected chi connectivity index (χ2v) is 4.65. The Kier molecular flexibility index (Phi) is 3.42. The van der Waals surface area contributed by atoms with Crippen LogP contribution < -0.4 is 5.32 Å². The molecular formula is C13H19NO3. The highest BCUT2D eigenvalue weighted by molar-refractivity contribution is 5.67. The molecule has 0 aromatic heterocycles. The minimum absolute atomic E-state index is 0.00742. The van der Waals surface area contributed by atoms with Crippen molar-refractivity contribution in [2.24, 2.45) is 0 Å². The van der Waals surface area contributed by atoms with Crippen molar-refractivity contribution in [3.05, 3.63) is 29.8 Å². The first-order valence-electron chi connectivity index (χ1n) is 6.36. The number of ether oxygens (including phenoxy) is 1. The third-order valence-electron chi connectivity index (χ3n) is 1.82. The minimum Gasteiger partial charge on any atom is -0.508 e. The van der Waals surface area contributed by atoms with E-state index in [0.717, 1.165) is 0 Å². The van der Waals surface area contributed by atoms with Crippen LogP contribution in [0.25, 0.3) is 0 Å². The third-order valence-corrected chi connectivity index (χ3v) is 1.82. The molecule has 0 aliphatic rings. The lowest BCUT2D eigenvalue weighted by molar-refractivity contribution is 0.0528. The Balaban J connectivity index is 2.61. The van der Waals surface area contributed by atoms with Crippen LogP contribution >= 0.6 is 0 Å². The molecule has 17 heavy (non-hydrogen) atoms.